The monoisotopic (exact) mass is 410 g/mol. The maximum atomic E-state index is 11.9. The number of carbonyl (C=O) groups is 1. The van der Waals surface area contributed by atoms with E-state index in [1.165, 1.54) is 5.56 Å². The molecule has 0 saturated carbocycles. The maximum absolute atomic E-state index is 11.9. The average Bonchev–Trinajstić information content (AvgIpc) is 3.44. The molecule has 6 nitrogen and oxygen atoms in total. The Bertz CT molecular complexity index is 1230. The Balaban J connectivity index is 1.39. The summed E-state index contributed by atoms with van der Waals surface area (Å²) in [5.74, 6) is 1.16. The van der Waals surface area contributed by atoms with Gasteiger partial charge in [0.25, 0.3) is 5.89 Å². The molecule has 3 heterocycles. The summed E-state index contributed by atoms with van der Waals surface area (Å²) < 4.78 is 5.54. The molecule has 1 saturated heterocycles. The highest BCUT2D eigenvalue weighted by molar-refractivity contribution is 5.78. The van der Waals surface area contributed by atoms with Crippen molar-refractivity contribution in [2.75, 3.05) is 6.54 Å². The largest absolute Gasteiger partial charge is 0.338 e. The van der Waals surface area contributed by atoms with Gasteiger partial charge in [0.05, 0.1) is 5.56 Å². The lowest BCUT2D eigenvalue weighted by molar-refractivity contribution is -0.128. The number of hydrogen-bond acceptors (Lipinski definition) is 5. The molecule has 0 aliphatic carbocycles. The molecule has 1 fully saturated rings. The van der Waals surface area contributed by atoms with Crippen LogP contribution < -0.4 is 0 Å². The van der Waals surface area contributed by atoms with E-state index in [2.05, 4.69) is 46.3 Å². The third-order valence-electron chi connectivity index (χ3n) is 5.53. The van der Waals surface area contributed by atoms with E-state index in [9.17, 15) is 4.79 Å². The van der Waals surface area contributed by atoms with Gasteiger partial charge in [-0.3, -0.25) is 9.78 Å². The molecule has 0 radical (unpaired) electrons. The zero-order valence-electron chi connectivity index (χ0n) is 17.3. The van der Waals surface area contributed by atoms with Crippen LogP contribution in [0.5, 0.6) is 0 Å². The number of carbonyl (C=O) groups excluding carboxylic acids is 1. The van der Waals surface area contributed by atoms with Gasteiger partial charge in [0.1, 0.15) is 0 Å². The molecular formula is C25H22N4O2. The van der Waals surface area contributed by atoms with Gasteiger partial charge in [0.15, 0.2) is 0 Å². The zero-order chi connectivity index (χ0) is 21.2. The van der Waals surface area contributed by atoms with Crippen molar-refractivity contribution in [2.24, 2.45) is 0 Å². The number of hydrogen-bond donors (Lipinski definition) is 0. The summed E-state index contributed by atoms with van der Waals surface area (Å²) in [6, 6.07) is 18.3. The van der Waals surface area contributed by atoms with E-state index < -0.39 is 0 Å². The van der Waals surface area contributed by atoms with E-state index in [1.807, 2.05) is 41.4 Å². The fourth-order valence-corrected chi connectivity index (χ4v) is 3.82. The first-order valence-electron chi connectivity index (χ1n) is 10.4. The molecule has 1 amide bonds. The molecule has 0 bridgehead atoms. The van der Waals surface area contributed by atoms with Crippen LogP contribution in [0.15, 0.2) is 71.5 Å². The summed E-state index contributed by atoms with van der Waals surface area (Å²) in [6.07, 6.45) is 5.13. The lowest BCUT2D eigenvalue weighted by Crippen LogP contribution is -2.23. The molecule has 5 rings (SSSR count). The summed E-state index contributed by atoms with van der Waals surface area (Å²) >= 11 is 0. The minimum atomic E-state index is 0.216. The minimum Gasteiger partial charge on any atom is -0.338 e. The van der Waals surface area contributed by atoms with Crippen molar-refractivity contribution in [3.8, 4) is 34.0 Å². The fourth-order valence-electron chi connectivity index (χ4n) is 3.82. The molecule has 0 atom stereocenters. The van der Waals surface area contributed by atoms with E-state index in [0.717, 1.165) is 40.8 Å². The standard InChI is InChI=1S/C25H22N4O2/c1-17-7-9-19(10-8-17)21-13-22(15-26-14-21)25-27-24(28-31-25)20-5-2-4-18(12-20)16-29-11-3-6-23(29)30/h2,4-5,7-10,12-15H,3,6,11,16H2,1H3. The van der Waals surface area contributed by atoms with Crippen molar-refractivity contribution in [1.82, 2.24) is 20.0 Å². The normalized spacial score (nSPS) is 13.7. The molecule has 1 aliphatic heterocycles. The van der Waals surface area contributed by atoms with E-state index in [0.29, 0.717) is 24.7 Å². The SMILES string of the molecule is Cc1ccc(-c2cncc(-c3nc(-c4cccc(CN5CCCC5=O)c4)no3)c2)cc1. The highest BCUT2D eigenvalue weighted by Crippen LogP contribution is 2.27. The Morgan fingerprint density at radius 2 is 1.81 bits per heavy atom. The first-order chi connectivity index (χ1) is 15.2. The van der Waals surface area contributed by atoms with Crippen LogP contribution >= 0.6 is 0 Å². The Kier molecular flexibility index (Phi) is 5.04. The second-order valence-electron chi connectivity index (χ2n) is 7.87. The quantitative estimate of drug-likeness (QED) is 0.468. The number of aryl methyl sites for hydroxylation is 1. The summed E-state index contributed by atoms with van der Waals surface area (Å²) in [5.41, 5.74) is 5.99. The molecule has 0 spiro atoms. The zero-order valence-corrected chi connectivity index (χ0v) is 17.3. The third-order valence-corrected chi connectivity index (χ3v) is 5.53. The summed E-state index contributed by atoms with van der Waals surface area (Å²) in [5, 5.41) is 4.17. The minimum absolute atomic E-state index is 0.216. The maximum Gasteiger partial charge on any atom is 0.259 e. The number of likely N-dealkylation sites (tertiary alicyclic amines) is 1. The van der Waals surface area contributed by atoms with Crippen LogP contribution in [-0.2, 0) is 11.3 Å². The van der Waals surface area contributed by atoms with E-state index in [4.69, 9.17) is 4.52 Å². The molecule has 0 unspecified atom stereocenters. The molecule has 0 N–H and O–H groups in total. The number of nitrogens with zero attached hydrogens (tertiary/aromatic N) is 4. The first kappa shape index (κ1) is 19.2. The predicted molar refractivity (Wildman–Crippen MR) is 118 cm³/mol. The summed E-state index contributed by atoms with van der Waals surface area (Å²) in [7, 11) is 0. The Hall–Kier alpha value is -3.80. The van der Waals surface area contributed by atoms with Crippen molar-refractivity contribution >= 4 is 5.91 Å². The lowest BCUT2D eigenvalue weighted by Gasteiger charge is -2.15. The van der Waals surface area contributed by atoms with E-state index in [1.54, 1.807) is 6.20 Å². The van der Waals surface area contributed by atoms with Crippen LogP contribution in [0.4, 0.5) is 0 Å². The highest BCUT2D eigenvalue weighted by Gasteiger charge is 2.20. The molecule has 6 heteroatoms. The lowest BCUT2D eigenvalue weighted by atomic mass is 10.0. The first-order valence-corrected chi connectivity index (χ1v) is 10.4. The summed E-state index contributed by atoms with van der Waals surface area (Å²) in [4.78, 5) is 22.8. The molecule has 2 aromatic heterocycles. The van der Waals surface area contributed by atoms with Crippen LogP contribution in [0, 0.1) is 6.92 Å². The fraction of sp³-hybridized carbons (Fsp3) is 0.200. The van der Waals surface area contributed by atoms with Crippen molar-refractivity contribution in [2.45, 2.75) is 26.3 Å². The van der Waals surface area contributed by atoms with Crippen molar-refractivity contribution in [3.05, 3.63) is 78.1 Å². The van der Waals surface area contributed by atoms with Gasteiger partial charge in [-0.2, -0.15) is 4.98 Å². The second kappa shape index (κ2) is 8.14. The number of pyridine rings is 1. The van der Waals surface area contributed by atoms with Crippen molar-refractivity contribution < 1.29 is 9.32 Å². The molecule has 2 aromatic carbocycles. The molecule has 31 heavy (non-hydrogen) atoms. The van der Waals surface area contributed by atoms with Gasteiger partial charge in [-0.15, -0.1) is 0 Å². The number of aromatic nitrogens is 3. The average molecular weight is 410 g/mol. The predicted octanol–water partition coefficient (Wildman–Crippen LogP) is 4.90. The highest BCUT2D eigenvalue weighted by atomic mass is 16.5. The van der Waals surface area contributed by atoms with Gasteiger partial charge >= 0.3 is 0 Å². The Morgan fingerprint density at radius 1 is 0.968 bits per heavy atom. The Labute approximate surface area is 180 Å². The topological polar surface area (TPSA) is 72.1 Å². The van der Waals surface area contributed by atoms with E-state index in [-0.39, 0.29) is 5.91 Å². The second-order valence-corrected chi connectivity index (χ2v) is 7.87. The van der Waals surface area contributed by atoms with Gasteiger partial charge < -0.3 is 9.42 Å². The molecule has 154 valence electrons. The van der Waals surface area contributed by atoms with Crippen LogP contribution in [0.2, 0.25) is 0 Å². The number of benzene rings is 2. The van der Waals surface area contributed by atoms with Crippen LogP contribution in [0.1, 0.15) is 24.0 Å². The van der Waals surface area contributed by atoms with Crippen molar-refractivity contribution in [1.29, 1.82) is 0 Å². The van der Waals surface area contributed by atoms with Crippen molar-refractivity contribution in [3.63, 3.8) is 0 Å². The van der Waals surface area contributed by atoms with Gasteiger partial charge in [-0.25, -0.2) is 0 Å². The van der Waals surface area contributed by atoms with Crippen LogP contribution in [0.3, 0.4) is 0 Å². The number of amides is 1. The van der Waals surface area contributed by atoms with Crippen LogP contribution in [0.25, 0.3) is 34.0 Å². The third kappa shape index (κ3) is 4.10. The Morgan fingerprint density at radius 3 is 2.61 bits per heavy atom. The van der Waals surface area contributed by atoms with Gasteiger partial charge in [0, 0.05) is 43.0 Å². The smallest absolute Gasteiger partial charge is 0.259 e. The number of rotatable bonds is 5. The summed E-state index contributed by atoms with van der Waals surface area (Å²) in [6.45, 7) is 3.50. The molecule has 1 aliphatic rings. The van der Waals surface area contributed by atoms with Gasteiger partial charge in [-0.05, 0) is 36.6 Å². The molecule has 4 aromatic rings. The van der Waals surface area contributed by atoms with Gasteiger partial charge in [0.2, 0.25) is 11.7 Å². The van der Waals surface area contributed by atoms with E-state index >= 15 is 0 Å². The van der Waals surface area contributed by atoms with Gasteiger partial charge in [-0.1, -0.05) is 53.2 Å². The van der Waals surface area contributed by atoms with Crippen LogP contribution in [-0.4, -0.2) is 32.5 Å². The molecular weight excluding hydrogens is 388 g/mol.